The van der Waals surface area contributed by atoms with Crippen LogP contribution in [0.2, 0.25) is 0 Å². The van der Waals surface area contributed by atoms with E-state index in [1.54, 1.807) is 0 Å². The number of aliphatic hydroxyl groups is 1. The molecule has 3 heteroatoms. The molecule has 0 aromatic heterocycles. The second-order valence-corrected chi connectivity index (χ2v) is 4.34. The molecule has 1 atom stereocenters. The molecule has 14 heavy (non-hydrogen) atoms. The van der Waals surface area contributed by atoms with Crippen LogP contribution in [0.1, 0.15) is 39.0 Å². The van der Waals surface area contributed by atoms with Crippen LogP contribution in [0.3, 0.4) is 0 Å². The molecular formula is C11H23NO2. The molecule has 1 heterocycles. The molecule has 0 saturated carbocycles. The second-order valence-electron chi connectivity index (χ2n) is 4.34. The van der Waals surface area contributed by atoms with Gasteiger partial charge < -0.3 is 15.6 Å². The average molecular weight is 201 g/mol. The van der Waals surface area contributed by atoms with Crippen molar-refractivity contribution in [2.24, 2.45) is 11.1 Å². The fourth-order valence-corrected chi connectivity index (χ4v) is 2.15. The lowest BCUT2D eigenvalue weighted by Gasteiger charge is -2.40. The lowest BCUT2D eigenvalue weighted by atomic mass is 9.74. The molecule has 1 rings (SSSR count). The summed E-state index contributed by atoms with van der Waals surface area (Å²) in [6.07, 6.45) is 4.69. The van der Waals surface area contributed by atoms with E-state index in [1.165, 1.54) is 0 Å². The van der Waals surface area contributed by atoms with E-state index >= 15 is 0 Å². The Balaban J connectivity index is 2.48. The zero-order valence-electron chi connectivity index (χ0n) is 9.17. The Morgan fingerprint density at radius 2 is 2.07 bits per heavy atom. The number of hydrogen-bond donors (Lipinski definition) is 2. The Bertz CT molecular complexity index is 155. The van der Waals surface area contributed by atoms with E-state index in [1.807, 2.05) is 0 Å². The highest BCUT2D eigenvalue weighted by atomic mass is 16.5. The van der Waals surface area contributed by atoms with Gasteiger partial charge >= 0.3 is 0 Å². The van der Waals surface area contributed by atoms with Gasteiger partial charge in [0.2, 0.25) is 0 Å². The van der Waals surface area contributed by atoms with Gasteiger partial charge in [0.15, 0.2) is 0 Å². The second kappa shape index (κ2) is 5.69. The molecule has 1 saturated heterocycles. The highest BCUT2D eigenvalue weighted by molar-refractivity contribution is 4.89. The minimum absolute atomic E-state index is 0.0621. The van der Waals surface area contributed by atoms with Crippen molar-refractivity contribution in [1.29, 1.82) is 0 Å². The first-order valence-corrected chi connectivity index (χ1v) is 5.71. The number of nitrogens with two attached hydrogens (primary N) is 1. The van der Waals surface area contributed by atoms with Crippen LogP contribution in [0.15, 0.2) is 0 Å². The highest BCUT2D eigenvalue weighted by Crippen LogP contribution is 2.35. The highest BCUT2D eigenvalue weighted by Gasteiger charge is 2.37. The van der Waals surface area contributed by atoms with Gasteiger partial charge in [-0.2, -0.15) is 0 Å². The average Bonchev–Trinajstić information content (AvgIpc) is 2.26. The van der Waals surface area contributed by atoms with Crippen molar-refractivity contribution in [3.8, 4) is 0 Å². The number of unbranched alkanes of at least 4 members (excludes halogenated alkanes) is 1. The van der Waals surface area contributed by atoms with E-state index in [-0.39, 0.29) is 11.5 Å². The summed E-state index contributed by atoms with van der Waals surface area (Å²) in [6.45, 7) is 4.23. The molecule has 0 amide bonds. The Labute approximate surface area is 86.6 Å². The molecule has 1 aliphatic heterocycles. The molecule has 3 nitrogen and oxygen atoms in total. The van der Waals surface area contributed by atoms with Crippen LogP contribution >= 0.6 is 0 Å². The van der Waals surface area contributed by atoms with Gasteiger partial charge in [0.1, 0.15) is 0 Å². The van der Waals surface area contributed by atoms with Gasteiger partial charge in [-0.05, 0) is 19.3 Å². The maximum Gasteiger partial charge on any atom is 0.0610 e. The fourth-order valence-electron chi connectivity index (χ4n) is 2.15. The third kappa shape index (κ3) is 2.69. The number of hydrogen-bond acceptors (Lipinski definition) is 3. The summed E-state index contributed by atoms with van der Waals surface area (Å²) in [7, 11) is 0. The number of ether oxygens (including phenoxy) is 1. The molecule has 0 bridgehead atoms. The standard InChI is InChI=1S/C11H23NO2/c1-2-3-4-10(13)11(9-12)5-7-14-8-6-11/h10,13H,2-9,12H2,1H3. The molecular weight excluding hydrogens is 178 g/mol. The minimum atomic E-state index is -0.239. The molecule has 84 valence electrons. The van der Waals surface area contributed by atoms with Gasteiger partial charge in [-0.1, -0.05) is 19.8 Å². The van der Waals surface area contributed by atoms with Crippen LogP contribution in [-0.2, 0) is 4.74 Å². The van der Waals surface area contributed by atoms with Crippen molar-refractivity contribution in [3.63, 3.8) is 0 Å². The lowest BCUT2D eigenvalue weighted by molar-refractivity contribution is -0.0598. The van der Waals surface area contributed by atoms with E-state index in [0.29, 0.717) is 6.54 Å². The SMILES string of the molecule is CCCCC(O)C1(CN)CCOCC1. The third-order valence-electron chi connectivity index (χ3n) is 3.43. The zero-order valence-corrected chi connectivity index (χ0v) is 9.17. The van der Waals surface area contributed by atoms with E-state index in [0.717, 1.165) is 45.3 Å². The Morgan fingerprint density at radius 3 is 2.57 bits per heavy atom. The molecule has 3 N–H and O–H groups in total. The minimum Gasteiger partial charge on any atom is -0.392 e. The van der Waals surface area contributed by atoms with E-state index in [2.05, 4.69) is 6.92 Å². The predicted molar refractivity (Wildman–Crippen MR) is 57.1 cm³/mol. The number of aliphatic hydroxyl groups excluding tert-OH is 1. The zero-order chi connectivity index (χ0) is 10.4. The summed E-state index contributed by atoms with van der Waals surface area (Å²) in [4.78, 5) is 0. The predicted octanol–water partition coefficient (Wildman–Crippen LogP) is 1.29. The van der Waals surface area contributed by atoms with Crippen LogP contribution in [0.25, 0.3) is 0 Å². The van der Waals surface area contributed by atoms with E-state index in [9.17, 15) is 5.11 Å². The van der Waals surface area contributed by atoms with Gasteiger partial charge in [-0.25, -0.2) is 0 Å². The normalized spacial score (nSPS) is 23.4. The molecule has 1 aliphatic rings. The van der Waals surface area contributed by atoms with Crippen molar-refractivity contribution in [2.75, 3.05) is 19.8 Å². The van der Waals surface area contributed by atoms with Gasteiger partial charge in [0.05, 0.1) is 6.10 Å². The monoisotopic (exact) mass is 201 g/mol. The van der Waals surface area contributed by atoms with Gasteiger partial charge in [0, 0.05) is 25.2 Å². The van der Waals surface area contributed by atoms with E-state index < -0.39 is 0 Å². The summed E-state index contributed by atoms with van der Waals surface area (Å²) in [5.74, 6) is 0. The summed E-state index contributed by atoms with van der Waals surface area (Å²) in [5, 5.41) is 10.1. The van der Waals surface area contributed by atoms with Crippen LogP contribution < -0.4 is 5.73 Å². The first kappa shape index (κ1) is 12.0. The first-order valence-electron chi connectivity index (χ1n) is 5.71. The van der Waals surface area contributed by atoms with Crippen molar-refractivity contribution in [1.82, 2.24) is 0 Å². The molecule has 0 aliphatic carbocycles. The van der Waals surface area contributed by atoms with Crippen molar-refractivity contribution >= 4 is 0 Å². The van der Waals surface area contributed by atoms with Crippen LogP contribution in [0.4, 0.5) is 0 Å². The smallest absolute Gasteiger partial charge is 0.0610 e. The summed E-state index contributed by atoms with van der Waals surface area (Å²) >= 11 is 0. The number of rotatable bonds is 5. The van der Waals surface area contributed by atoms with E-state index in [4.69, 9.17) is 10.5 Å². The van der Waals surface area contributed by atoms with Crippen LogP contribution in [0, 0.1) is 5.41 Å². The van der Waals surface area contributed by atoms with Gasteiger partial charge in [0.25, 0.3) is 0 Å². The lowest BCUT2D eigenvalue weighted by Crippen LogP contribution is -2.45. The maximum atomic E-state index is 10.1. The quantitative estimate of drug-likeness (QED) is 0.705. The topological polar surface area (TPSA) is 55.5 Å². The van der Waals surface area contributed by atoms with Crippen molar-refractivity contribution < 1.29 is 9.84 Å². The molecule has 0 spiro atoms. The first-order chi connectivity index (χ1) is 6.75. The van der Waals surface area contributed by atoms with Crippen LogP contribution in [0.5, 0.6) is 0 Å². The molecule has 0 radical (unpaired) electrons. The van der Waals surface area contributed by atoms with Crippen LogP contribution in [-0.4, -0.2) is 31.0 Å². The van der Waals surface area contributed by atoms with Gasteiger partial charge in [-0.3, -0.25) is 0 Å². The Hall–Kier alpha value is -0.120. The van der Waals surface area contributed by atoms with Crippen molar-refractivity contribution in [2.45, 2.75) is 45.1 Å². The molecule has 0 aromatic carbocycles. The maximum absolute atomic E-state index is 10.1. The molecule has 0 aromatic rings. The summed E-state index contributed by atoms with van der Waals surface area (Å²) in [6, 6.07) is 0. The largest absolute Gasteiger partial charge is 0.392 e. The summed E-state index contributed by atoms with van der Waals surface area (Å²) < 4.78 is 5.31. The van der Waals surface area contributed by atoms with Gasteiger partial charge in [-0.15, -0.1) is 0 Å². The fraction of sp³-hybridized carbons (Fsp3) is 1.00. The summed E-state index contributed by atoms with van der Waals surface area (Å²) in [5.41, 5.74) is 5.73. The van der Waals surface area contributed by atoms with Crippen molar-refractivity contribution in [3.05, 3.63) is 0 Å². The third-order valence-corrected chi connectivity index (χ3v) is 3.43. The molecule has 1 unspecified atom stereocenters. The Morgan fingerprint density at radius 1 is 1.43 bits per heavy atom. The molecule has 1 fully saturated rings. The Kier molecular flexibility index (Phi) is 4.85.